The Balaban J connectivity index is 1.44. The van der Waals surface area contributed by atoms with E-state index in [0.717, 1.165) is 36.1 Å². The number of carbonyl (C=O) groups is 2. The standard InChI is InChI=1S/C27H29N5O3S/c1-17-13-21(15-29-22(17)28-5)31-23(33)27(10-6-11-27)32(24(31)36)20-8-7-19-16-30(12-9-18(19)14-20)25(34)35-26(2,3)4/h7-8,13-15H,6,9-12,16H2,1-4H3. The van der Waals surface area contributed by atoms with E-state index in [4.69, 9.17) is 23.5 Å². The van der Waals surface area contributed by atoms with Crippen molar-refractivity contribution in [1.82, 2.24) is 9.88 Å². The molecule has 5 rings (SSSR count). The SMILES string of the molecule is [C-]#[N+]c1ncc(N2C(=O)C3(CCC3)N(c3ccc4c(c3)CCN(C(=O)OC(C)(C)C)C4)C2=S)cc1C. The van der Waals surface area contributed by atoms with Gasteiger partial charge >= 0.3 is 6.09 Å². The average Bonchev–Trinajstić information content (AvgIpc) is 3.03. The zero-order valence-corrected chi connectivity index (χ0v) is 21.8. The first-order valence-electron chi connectivity index (χ1n) is 12.2. The first-order valence-corrected chi connectivity index (χ1v) is 12.6. The molecule has 8 nitrogen and oxygen atoms in total. The zero-order valence-electron chi connectivity index (χ0n) is 21.0. The second-order valence-corrected chi connectivity index (χ2v) is 11.1. The summed E-state index contributed by atoms with van der Waals surface area (Å²) in [5, 5.41) is 0.433. The Morgan fingerprint density at radius 3 is 2.56 bits per heavy atom. The Morgan fingerprint density at radius 1 is 1.19 bits per heavy atom. The van der Waals surface area contributed by atoms with Gasteiger partial charge in [0.15, 0.2) is 5.11 Å². The smallest absolute Gasteiger partial charge is 0.410 e. The highest BCUT2D eigenvalue weighted by Crippen LogP contribution is 2.48. The number of thiocarbonyl (C=S) groups is 1. The molecule has 36 heavy (non-hydrogen) atoms. The lowest BCUT2D eigenvalue weighted by atomic mass is 9.75. The molecule has 1 aromatic heterocycles. The lowest BCUT2D eigenvalue weighted by Crippen LogP contribution is -2.55. The van der Waals surface area contributed by atoms with Crippen LogP contribution in [0.3, 0.4) is 0 Å². The first-order chi connectivity index (χ1) is 17.0. The molecule has 2 fully saturated rings. The number of aryl methyl sites for hydroxylation is 1. The first kappa shape index (κ1) is 24.2. The summed E-state index contributed by atoms with van der Waals surface area (Å²) in [6, 6.07) is 7.93. The maximum absolute atomic E-state index is 13.7. The number of hydrogen-bond acceptors (Lipinski definition) is 5. The van der Waals surface area contributed by atoms with Crippen LogP contribution < -0.4 is 9.80 Å². The van der Waals surface area contributed by atoms with Crippen molar-refractivity contribution in [2.24, 2.45) is 0 Å². The predicted molar refractivity (Wildman–Crippen MR) is 141 cm³/mol. The summed E-state index contributed by atoms with van der Waals surface area (Å²) in [5.41, 5.74) is 3.19. The number of aromatic nitrogens is 1. The molecule has 1 spiro atoms. The van der Waals surface area contributed by atoms with E-state index in [1.54, 1.807) is 22.1 Å². The number of benzene rings is 1. The minimum atomic E-state index is -0.686. The third-order valence-electron chi connectivity index (χ3n) is 7.10. The Labute approximate surface area is 216 Å². The van der Waals surface area contributed by atoms with Crippen LogP contribution in [0.4, 0.5) is 22.0 Å². The largest absolute Gasteiger partial charge is 0.444 e. The van der Waals surface area contributed by atoms with Gasteiger partial charge in [0.05, 0.1) is 5.69 Å². The third-order valence-corrected chi connectivity index (χ3v) is 7.47. The number of ether oxygens (including phenoxy) is 1. The van der Waals surface area contributed by atoms with Gasteiger partial charge in [0.25, 0.3) is 11.7 Å². The highest BCUT2D eigenvalue weighted by molar-refractivity contribution is 7.81. The summed E-state index contributed by atoms with van der Waals surface area (Å²) >= 11 is 5.89. The molecule has 1 saturated heterocycles. The van der Waals surface area contributed by atoms with Crippen molar-refractivity contribution >= 4 is 46.5 Å². The molecule has 186 valence electrons. The van der Waals surface area contributed by atoms with Gasteiger partial charge in [-0.2, -0.15) is 0 Å². The molecule has 2 amide bonds. The van der Waals surface area contributed by atoms with Crippen molar-refractivity contribution < 1.29 is 14.3 Å². The van der Waals surface area contributed by atoms with Crippen molar-refractivity contribution in [2.75, 3.05) is 16.3 Å². The number of nitrogens with zero attached hydrogens (tertiary/aromatic N) is 5. The number of carbonyl (C=O) groups excluding carboxylic acids is 2. The molecular formula is C27H29N5O3S. The fraction of sp³-hybridized carbons (Fsp3) is 0.444. The van der Waals surface area contributed by atoms with Crippen molar-refractivity contribution in [3.05, 3.63) is 58.6 Å². The normalized spacial score (nSPS) is 18.7. The molecule has 1 aliphatic carbocycles. The summed E-state index contributed by atoms with van der Waals surface area (Å²) in [4.78, 5) is 39.3. The van der Waals surface area contributed by atoms with Gasteiger partial charge in [-0.05, 0) is 100 Å². The van der Waals surface area contributed by atoms with Gasteiger partial charge in [0, 0.05) is 18.8 Å². The number of anilines is 2. The van der Waals surface area contributed by atoms with Crippen molar-refractivity contribution in [3.8, 4) is 0 Å². The summed E-state index contributed by atoms with van der Waals surface area (Å²) in [5.74, 6) is 0.283. The van der Waals surface area contributed by atoms with Gasteiger partial charge in [-0.15, -0.1) is 4.98 Å². The number of fused-ring (bicyclic) bond motifs is 1. The van der Waals surface area contributed by atoms with Gasteiger partial charge in [-0.3, -0.25) is 9.69 Å². The van der Waals surface area contributed by atoms with Gasteiger partial charge in [-0.25, -0.2) is 4.79 Å². The van der Waals surface area contributed by atoms with E-state index in [0.29, 0.717) is 41.7 Å². The van der Waals surface area contributed by atoms with Crippen LogP contribution in [-0.2, 0) is 22.5 Å². The van der Waals surface area contributed by atoms with E-state index in [9.17, 15) is 9.59 Å². The summed E-state index contributed by atoms with van der Waals surface area (Å²) in [6.45, 7) is 15.7. The molecule has 3 aliphatic rings. The van der Waals surface area contributed by atoms with Crippen LogP contribution in [0.5, 0.6) is 0 Å². The van der Waals surface area contributed by atoms with E-state index < -0.39 is 11.1 Å². The predicted octanol–water partition coefficient (Wildman–Crippen LogP) is 5.29. The highest BCUT2D eigenvalue weighted by atomic mass is 32.1. The summed E-state index contributed by atoms with van der Waals surface area (Å²) < 4.78 is 5.55. The summed E-state index contributed by atoms with van der Waals surface area (Å²) in [7, 11) is 0. The van der Waals surface area contributed by atoms with Crippen molar-refractivity contribution in [1.29, 1.82) is 0 Å². The molecular weight excluding hydrogens is 474 g/mol. The maximum atomic E-state index is 13.7. The molecule has 2 aromatic rings. The Morgan fingerprint density at radius 2 is 1.94 bits per heavy atom. The van der Waals surface area contributed by atoms with Crippen molar-refractivity contribution in [3.63, 3.8) is 0 Å². The van der Waals surface area contributed by atoms with Crippen LogP contribution in [0.2, 0.25) is 0 Å². The minimum absolute atomic E-state index is 0.0377. The van der Waals surface area contributed by atoms with Gasteiger partial charge in [0.1, 0.15) is 17.3 Å². The van der Waals surface area contributed by atoms with E-state index in [2.05, 4.69) is 15.9 Å². The molecule has 3 heterocycles. The molecule has 0 N–H and O–H groups in total. The Bertz CT molecular complexity index is 1320. The molecule has 2 aliphatic heterocycles. The number of pyridine rings is 1. The van der Waals surface area contributed by atoms with E-state index in [1.807, 2.05) is 44.7 Å². The highest BCUT2D eigenvalue weighted by Gasteiger charge is 2.59. The molecule has 1 aromatic carbocycles. The topological polar surface area (TPSA) is 70.3 Å². The monoisotopic (exact) mass is 503 g/mol. The molecule has 0 atom stereocenters. The molecule has 1 saturated carbocycles. The van der Waals surface area contributed by atoms with Crippen LogP contribution in [0.25, 0.3) is 4.85 Å². The van der Waals surface area contributed by atoms with Crippen LogP contribution in [0.15, 0.2) is 30.5 Å². The number of rotatable bonds is 2. The van der Waals surface area contributed by atoms with Gasteiger partial charge in [0.2, 0.25) is 0 Å². The van der Waals surface area contributed by atoms with E-state index in [1.165, 1.54) is 0 Å². The lowest BCUT2D eigenvalue weighted by Gasteiger charge is -2.43. The average molecular weight is 504 g/mol. The maximum Gasteiger partial charge on any atom is 0.410 e. The molecule has 9 heteroatoms. The quantitative estimate of drug-likeness (QED) is 0.409. The summed E-state index contributed by atoms with van der Waals surface area (Å²) in [6.07, 6.45) is 4.38. The van der Waals surface area contributed by atoms with E-state index >= 15 is 0 Å². The minimum Gasteiger partial charge on any atom is -0.444 e. The number of amides is 2. The van der Waals surface area contributed by atoms with E-state index in [-0.39, 0.29) is 12.0 Å². The Hall–Kier alpha value is -3.51. The third kappa shape index (κ3) is 3.90. The second kappa shape index (κ2) is 8.56. The molecule has 0 bridgehead atoms. The fourth-order valence-corrected chi connectivity index (χ4v) is 5.63. The number of hydrogen-bond donors (Lipinski definition) is 0. The van der Waals surface area contributed by atoms with Crippen LogP contribution in [-0.4, -0.2) is 44.7 Å². The van der Waals surface area contributed by atoms with Crippen LogP contribution in [0, 0.1) is 13.5 Å². The van der Waals surface area contributed by atoms with Gasteiger partial charge < -0.3 is 19.4 Å². The van der Waals surface area contributed by atoms with Crippen molar-refractivity contribution in [2.45, 2.75) is 71.1 Å². The Kier molecular flexibility index (Phi) is 5.75. The van der Waals surface area contributed by atoms with Gasteiger partial charge in [-0.1, -0.05) is 12.6 Å². The second-order valence-electron chi connectivity index (χ2n) is 10.7. The molecule has 0 unspecified atom stereocenters. The van der Waals surface area contributed by atoms with Crippen LogP contribution >= 0.6 is 12.2 Å². The zero-order chi connectivity index (χ0) is 25.8. The molecule has 0 radical (unpaired) electrons. The van der Waals surface area contributed by atoms with Crippen LogP contribution in [0.1, 0.15) is 56.7 Å². The lowest BCUT2D eigenvalue weighted by molar-refractivity contribution is -0.123. The fourth-order valence-electron chi connectivity index (χ4n) is 5.16.